The highest BCUT2D eigenvalue weighted by molar-refractivity contribution is 5.01. The van der Waals surface area contributed by atoms with Crippen molar-refractivity contribution in [1.29, 1.82) is 0 Å². The van der Waals surface area contributed by atoms with E-state index in [1.807, 2.05) is 6.92 Å². The maximum atomic E-state index is 5.33. The Labute approximate surface area is 50.3 Å². The molecule has 1 heterocycles. The Kier molecular flexibility index (Phi) is 1.28. The fourth-order valence-corrected chi connectivity index (χ4v) is 0.946. The zero-order valence-corrected chi connectivity index (χ0v) is 5.64. The van der Waals surface area contributed by atoms with Crippen LogP contribution < -0.4 is 0 Å². The van der Waals surface area contributed by atoms with Crippen LogP contribution in [0.2, 0.25) is 0 Å². The molecule has 46 valence electrons. The molecule has 1 aliphatic heterocycles. The Morgan fingerprint density at radius 1 is 1.50 bits per heavy atom. The largest absolute Gasteiger partial charge is 0.495 e. The van der Waals surface area contributed by atoms with E-state index in [-0.39, 0.29) is 0 Å². The van der Waals surface area contributed by atoms with Crippen molar-refractivity contribution in [3.63, 3.8) is 0 Å². The van der Waals surface area contributed by atoms with Gasteiger partial charge >= 0.3 is 0 Å². The summed E-state index contributed by atoms with van der Waals surface area (Å²) in [4.78, 5) is 0. The molecular weight excluding hydrogens is 100 g/mol. The van der Waals surface area contributed by atoms with Gasteiger partial charge in [-0.05, 0) is 19.9 Å². The van der Waals surface area contributed by atoms with Crippen molar-refractivity contribution in [2.45, 2.75) is 26.9 Å². The van der Waals surface area contributed by atoms with Crippen LogP contribution >= 0.6 is 0 Å². The van der Waals surface area contributed by atoms with Crippen LogP contribution in [-0.4, -0.2) is 6.10 Å². The summed E-state index contributed by atoms with van der Waals surface area (Å²) in [6, 6.07) is 0. The molecule has 2 atom stereocenters. The van der Waals surface area contributed by atoms with Gasteiger partial charge in [-0.25, -0.2) is 0 Å². The van der Waals surface area contributed by atoms with Crippen LogP contribution in [0.5, 0.6) is 0 Å². The van der Waals surface area contributed by atoms with Crippen LogP contribution in [-0.2, 0) is 4.74 Å². The third-order valence-electron chi connectivity index (χ3n) is 1.61. The molecule has 1 aliphatic rings. The van der Waals surface area contributed by atoms with Crippen molar-refractivity contribution in [1.82, 2.24) is 0 Å². The van der Waals surface area contributed by atoms with Gasteiger partial charge in [0, 0.05) is 5.92 Å². The molecule has 1 rings (SSSR count). The summed E-state index contributed by atoms with van der Waals surface area (Å²) in [6.07, 6.45) is 2.56. The maximum absolute atomic E-state index is 5.33. The first-order valence-electron chi connectivity index (χ1n) is 3.05. The smallest absolute Gasteiger partial charge is 0.101 e. The van der Waals surface area contributed by atoms with E-state index in [0.29, 0.717) is 12.0 Å². The Hall–Kier alpha value is -0.460. The lowest BCUT2D eigenvalue weighted by Gasteiger charge is -2.07. The van der Waals surface area contributed by atoms with Crippen molar-refractivity contribution in [3.05, 3.63) is 11.8 Å². The summed E-state index contributed by atoms with van der Waals surface area (Å²) < 4.78 is 5.33. The van der Waals surface area contributed by atoms with Crippen molar-refractivity contribution < 1.29 is 4.74 Å². The van der Waals surface area contributed by atoms with Gasteiger partial charge in [0.25, 0.3) is 0 Å². The monoisotopic (exact) mass is 112 g/mol. The predicted molar refractivity (Wildman–Crippen MR) is 33.5 cm³/mol. The van der Waals surface area contributed by atoms with E-state index in [0.717, 1.165) is 5.76 Å². The average molecular weight is 112 g/mol. The molecule has 0 radical (unpaired) electrons. The zero-order valence-electron chi connectivity index (χ0n) is 5.64. The van der Waals surface area contributed by atoms with Crippen LogP contribution in [0, 0.1) is 5.92 Å². The summed E-state index contributed by atoms with van der Waals surface area (Å²) in [5, 5.41) is 0. The molecular formula is C7H12O. The molecule has 0 bridgehead atoms. The van der Waals surface area contributed by atoms with E-state index < -0.39 is 0 Å². The minimum absolute atomic E-state index is 0.398. The number of rotatable bonds is 0. The molecule has 0 N–H and O–H groups in total. The van der Waals surface area contributed by atoms with Crippen LogP contribution in [0.4, 0.5) is 0 Å². The Bertz CT molecular complexity index is 116. The van der Waals surface area contributed by atoms with Gasteiger partial charge in [0.1, 0.15) is 6.10 Å². The molecule has 0 aromatic rings. The van der Waals surface area contributed by atoms with Crippen LogP contribution in [0.15, 0.2) is 11.8 Å². The van der Waals surface area contributed by atoms with Gasteiger partial charge in [-0.1, -0.05) is 6.92 Å². The van der Waals surface area contributed by atoms with E-state index in [9.17, 15) is 0 Å². The third-order valence-corrected chi connectivity index (χ3v) is 1.61. The standard InChI is InChI=1S/C7H12O/c1-5-4-6(2)8-7(5)3/h4-5,7H,1-3H3/t5-,7?/m0/s1. The van der Waals surface area contributed by atoms with E-state index in [2.05, 4.69) is 19.9 Å². The SMILES string of the molecule is CC1=C[C@H](C)C(C)O1. The molecule has 0 saturated carbocycles. The first kappa shape index (κ1) is 5.67. The van der Waals surface area contributed by atoms with Gasteiger partial charge in [0.15, 0.2) is 0 Å². The number of ether oxygens (including phenoxy) is 1. The predicted octanol–water partition coefficient (Wildman–Crippen LogP) is 1.95. The van der Waals surface area contributed by atoms with E-state index in [4.69, 9.17) is 4.74 Å². The number of allylic oxidation sites excluding steroid dienone is 1. The van der Waals surface area contributed by atoms with E-state index >= 15 is 0 Å². The average Bonchev–Trinajstić information content (AvgIpc) is 1.85. The number of hydrogen-bond acceptors (Lipinski definition) is 1. The van der Waals surface area contributed by atoms with E-state index in [1.165, 1.54) is 0 Å². The molecule has 1 nitrogen and oxygen atoms in total. The highest BCUT2D eigenvalue weighted by atomic mass is 16.5. The summed E-state index contributed by atoms with van der Waals surface area (Å²) in [6.45, 7) is 6.26. The zero-order chi connectivity index (χ0) is 6.15. The molecule has 0 aliphatic carbocycles. The summed E-state index contributed by atoms with van der Waals surface area (Å²) in [7, 11) is 0. The van der Waals surface area contributed by atoms with Crippen LogP contribution in [0.3, 0.4) is 0 Å². The van der Waals surface area contributed by atoms with Crippen molar-refractivity contribution in [2.75, 3.05) is 0 Å². The highest BCUT2D eigenvalue weighted by Crippen LogP contribution is 2.21. The Balaban J connectivity index is 2.56. The maximum Gasteiger partial charge on any atom is 0.101 e. The first-order chi connectivity index (χ1) is 3.70. The molecule has 0 aromatic heterocycles. The molecule has 1 unspecified atom stereocenters. The lowest BCUT2D eigenvalue weighted by Crippen LogP contribution is -2.07. The van der Waals surface area contributed by atoms with E-state index in [1.54, 1.807) is 0 Å². The fourth-order valence-electron chi connectivity index (χ4n) is 0.946. The van der Waals surface area contributed by atoms with Gasteiger partial charge in [-0.3, -0.25) is 0 Å². The van der Waals surface area contributed by atoms with Crippen molar-refractivity contribution in [2.24, 2.45) is 5.92 Å². The molecule has 0 amide bonds. The quantitative estimate of drug-likeness (QED) is 0.465. The van der Waals surface area contributed by atoms with Crippen LogP contribution in [0.25, 0.3) is 0 Å². The topological polar surface area (TPSA) is 9.23 Å². The fraction of sp³-hybridized carbons (Fsp3) is 0.714. The number of hydrogen-bond donors (Lipinski definition) is 0. The Morgan fingerprint density at radius 2 is 2.12 bits per heavy atom. The molecule has 0 saturated heterocycles. The van der Waals surface area contributed by atoms with Gasteiger partial charge in [-0.2, -0.15) is 0 Å². The lowest BCUT2D eigenvalue weighted by atomic mass is 10.1. The summed E-state index contributed by atoms with van der Waals surface area (Å²) >= 11 is 0. The van der Waals surface area contributed by atoms with Gasteiger partial charge < -0.3 is 4.74 Å². The van der Waals surface area contributed by atoms with Crippen molar-refractivity contribution >= 4 is 0 Å². The second kappa shape index (κ2) is 1.81. The highest BCUT2D eigenvalue weighted by Gasteiger charge is 2.17. The van der Waals surface area contributed by atoms with Gasteiger partial charge in [-0.15, -0.1) is 0 Å². The lowest BCUT2D eigenvalue weighted by molar-refractivity contribution is 0.135. The molecule has 0 aromatic carbocycles. The normalized spacial score (nSPS) is 36.6. The second-order valence-electron chi connectivity index (χ2n) is 2.46. The summed E-state index contributed by atoms with van der Waals surface area (Å²) in [5.41, 5.74) is 0. The second-order valence-corrected chi connectivity index (χ2v) is 2.46. The minimum Gasteiger partial charge on any atom is -0.495 e. The molecule has 1 heteroatoms. The molecule has 0 fully saturated rings. The van der Waals surface area contributed by atoms with Crippen LogP contribution in [0.1, 0.15) is 20.8 Å². The minimum atomic E-state index is 0.398. The summed E-state index contributed by atoms with van der Waals surface area (Å²) in [5.74, 6) is 1.68. The van der Waals surface area contributed by atoms with Crippen molar-refractivity contribution in [3.8, 4) is 0 Å². The molecule has 0 spiro atoms. The van der Waals surface area contributed by atoms with Gasteiger partial charge in [0.2, 0.25) is 0 Å². The first-order valence-corrected chi connectivity index (χ1v) is 3.05. The van der Waals surface area contributed by atoms with Gasteiger partial charge in [0.05, 0.1) is 5.76 Å². The Morgan fingerprint density at radius 3 is 2.25 bits per heavy atom. The molecule has 8 heavy (non-hydrogen) atoms. The third kappa shape index (κ3) is 0.857.